The molecule has 0 bridgehead atoms. The highest BCUT2D eigenvalue weighted by Gasteiger charge is 2.39. The van der Waals surface area contributed by atoms with Gasteiger partial charge in [-0.1, -0.05) is 12.1 Å². The van der Waals surface area contributed by atoms with Crippen LogP contribution in [-0.4, -0.2) is 53.3 Å². The van der Waals surface area contributed by atoms with Crippen LogP contribution in [-0.2, 0) is 4.79 Å². The summed E-state index contributed by atoms with van der Waals surface area (Å²) in [6, 6.07) is 8.19. The average Bonchev–Trinajstić information content (AvgIpc) is 3.19. The van der Waals surface area contributed by atoms with E-state index in [-0.39, 0.29) is 11.7 Å². The van der Waals surface area contributed by atoms with E-state index in [1.165, 1.54) is 23.6 Å². The summed E-state index contributed by atoms with van der Waals surface area (Å²) in [6.07, 6.45) is 3.58. The van der Waals surface area contributed by atoms with Crippen molar-refractivity contribution in [1.82, 2.24) is 20.0 Å². The maximum Gasteiger partial charge on any atom is 0.239 e. The molecule has 0 saturated carbocycles. The van der Waals surface area contributed by atoms with Crippen LogP contribution in [0.25, 0.3) is 5.69 Å². The van der Waals surface area contributed by atoms with Crippen LogP contribution < -0.4 is 10.6 Å². The number of nitrogens with zero attached hydrogens (tertiary/aromatic N) is 3. The first kappa shape index (κ1) is 18.1. The normalized spacial score (nSPS) is 23.0. The Morgan fingerprint density at radius 3 is 3.00 bits per heavy atom. The molecule has 3 heterocycles. The minimum absolute atomic E-state index is 0.0895. The Bertz CT molecular complexity index is 828. The number of aryl methyl sites for hydroxylation is 1. The molecular formula is C20H26FN5O. The fourth-order valence-electron chi connectivity index (χ4n) is 4.32. The number of carbonyl (C=O) groups is 1. The number of piperidine rings is 1. The fraction of sp³-hybridized carbons (Fsp3) is 0.500. The lowest BCUT2D eigenvalue weighted by Gasteiger charge is -2.33. The molecule has 0 radical (unpaired) electrons. The van der Waals surface area contributed by atoms with Crippen molar-refractivity contribution in [2.45, 2.75) is 26.2 Å². The molecule has 2 N–H and O–H groups in total. The number of anilines is 1. The molecule has 2 aliphatic rings. The Kier molecular flexibility index (Phi) is 4.97. The molecule has 27 heavy (non-hydrogen) atoms. The molecule has 144 valence electrons. The summed E-state index contributed by atoms with van der Waals surface area (Å²) < 4.78 is 15.6. The number of benzene rings is 1. The summed E-state index contributed by atoms with van der Waals surface area (Å²) >= 11 is 0. The third-order valence-electron chi connectivity index (χ3n) is 5.62. The number of nitrogens with one attached hydrogen (secondary N) is 2. The van der Waals surface area contributed by atoms with Crippen LogP contribution in [0.1, 0.15) is 25.0 Å². The molecule has 1 aromatic carbocycles. The molecule has 4 rings (SSSR count). The van der Waals surface area contributed by atoms with Gasteiger partial charge in [-0.25, -0.2) is 9.07 Å². The fourth-order valence-corrected chi connectivity index (χ4v) is 4.32. The first-order chi connectivity index (χ1) is 13.0. The van der Waals surface area contributed by atoms with Gasteiger partial charge in [0.2, 0.25) is 5.91 Å². The van der Waals surface area contributed by atoms with Crippen LogP contribution in [0.4, 0.5) is 10.2 Å². The van der Waals surface area contributed by atoms with E-state index in [1.54, 1.807) is 24.3 Å². The molecule has 1 amide bonds. The minimum Gasteiger partial charge on any atom is -0.316 e. The van der Waals surface area contributed by atoms with Gasteiger partial charge in [-0.3, -0.25) is 9.69 Å². The van der Waals surface area contributed by atoms with Crippen molar-refractivity contribution in [1.29, 1.82) is 0 Å². The lowest BCUT2D eigenvalue weighted by molar-refractivity contribution is -0.117. The van der Waals surface area contributed by atoms with E-state index in [2.05, 4.69) is 20.6 Å². The zero-order valence-electron chi connectivity index (χ0n) is 15.7. The van der Waals surface area contributed by atoms with Crippen molar-refractivity contribution in [3.05, 3.63) is 41.8 Å². The topological polar surface area (TPSA) is 62.2 Å². The summed E-state index contributed by atoms with van der Waals surface area (Å²) in [7, 11) is 0. The number of halogens is 1. The molecule has 6 nitrogen and oxygen atoms in total. The van der Waals surface area contributed by atoms with Crippen molar-refractivity contribution >= 4 is 11.7 Å². The molecule has 1 atom stereocenters. The van der Waals surface area contributed by atoms with E-state index in [1.807, 2.05) is 6.92 Å². The van der Waals surface area contributed by atoms with Crippen LogP contribution in [0.15, 0.2) is 30.3 Å². The van der Waals surface area contributed by atoms with Gasteiger partial charge in [0.15, 0.2) is 0 Å². The highest BCUT2D eigenvalue weighted by Crippen LogP contribution is 2.36. The molecule has 0 aliphatic carbocycles. The van der Waals surface area contributed by atoms with Gasteiger partial charge in [-0.15, -0.1) is 0 Å². The zero-order chi connectivity index (χ0) is 18.9. The predicted octanol–water partition coefficient (Wildman–Crippen LogP) is 2.33. The van der Waals surface area contributed by atoms with Gasteiger partial charge in [-0.2, -0.15) is 5.10 Å². The maximum atomic E-state index is 14.1. The zero-order valence-corrected chi connectivity index (χ0v) is 15.7. The van der Waals surface area contributed by atoms with Crippen LogP contribution in [0.3, 0.4) is 0 Å². The molecule has 1 aromatic heterocycles. The number of hydrogen-bond donors (Lipinski definition) is 2. The highest BCUT2D eigenvalue weighted by molar-refractivity contribution is 5.91. The number of para-hydroxylation sites is 1. The summed E-state index contributed by atoms with van der Waals surface area (Å²) in [5, 5.41) is 10.7. The number of hydrogen-bond acceptors (Lipinski definition) is 4. The lowest BCUT2D eigenvalue weighted by atomic mass is 9.80. The molecular weight excluding hydrogens is 345 g/mol. The number of rotatable bonds is 4. The van der Waals surface area contributed by atoms with Crippen LogP contribution in [0.5, 0.6) is 0 Å². The van der Waals surface area contributed by atoms with Gasteiger partial charge < -0.3 is 10.6 Å². The number of likely N-dealkylation sites (tertiary alicyclic amines) is 1. The third-order valence-corrected chi connectivity index (χ3v) is 5.62. The molecule has 2 aromatic rings. The summed E-state index contributed by atoms with van der Waals surface area (Å²) in [6.45, 7) is 6.22. The maximum absolute atomic E-state index is 14.1. The van der Waals surface area contributed by atoms with Crippen molar-refractivity contribution in [3.8, 4) is 5.69 Å². The minimum atomic E-state index is -0.373. The standard InChI is InChI=1S/C20H26FN5O/c1-15-11-18(26(24-15)17-6-3-2-5-16(17)21)23-19(27)12-25-10-8-20(14-25)7-4-9-22-13-20/h2-3,5-6,11,22H,4,7-10,12-14H2,1H3,(H,23,27). The number of aromatic nitrogens is 2. The van der Waals surface area contributed by atoms with E-state index in [4.69, 9.17) is 0 Å². The second-order valence-corrected chi connectivity index (χ2v) is 7.82. The molecule has 2 aliphatic heterocycles. The first-order valence-electron chi connectivity index (χ1n) is 9.59. The first-order valence-corrected chi connectivity index (χ1v) is 9.59. The Hall–Kier alpha value is -2.25. The second kappa shape index (κ2) is 7.40. The summed E-state index contributed by atoms with van der Waals surface area (Å²) in [5.41, 5.74) is 1.38. The molecule has 7 heteroatoms. The molecule has 2 fully saturated rings. The lowest BCUT2D eigenvalue weighted by Crippen LogP contribution is -2.42. The summed E-state index contributed by atoms with van der Waals surface area (Å²) in [5.74, 6) is 0.0338. The third kappa shape index (κ3) is 3.89. The van der Waals surface area contributed by atoms with Crippen molar-refractivity contribution in [2.75, 3.05) is 38.0 Å². The number of carbonyl (C=O) groups excluding carboxylic acids is 1. The highest BCUT2D eigenvalue weighted by atomic mass is 19.1. The predicted molar refractivity (Wildman–Crippen MR) is 102 cm³/mol. The Morgan fingerprint density at radius 1 is 1.37 bits per heavy atom. The quantitative estimate of drug-likeness (QED) is 0.866. The molecule has 1 spiro atoms. The molecule has 1 unspecified atom stereocenters. The van der Waals surface area contributed by atoms with Gasteiger partial charge >= 0.3 is 0 Å². The van der Waals surface area contributed by atoms with Crippen molar-refractivity contribution in [3.63, 3.8) is 0 Å². The Balaban J connectivity index is 1.43. The van der Waals surface area contributed by atoms with Crippen LogP contribution >= 0.6 is 0 Å². The summed E-state index contributed by atoms with van der Waals surface area (Å²) in [4.78, 5) is 14.8. The smallest absolute Gasteiger partial charge is 0.239 e. The average molecular weight is 371 g/mol. The van der Waals surface area contributed by atoms with Gasteiger partial charge in [-0.05, 0) is 56.8 Å². The van der Waals surface area contributed by atoms with E-state index in [0.29, 0.717) is 23.5 Å². The van der Waals surface area contributed by atoms with Gasteiger partial charge in [0.1, 0.15) is 17.3 Å². The number of amides is 1. The molecule has 2 saturated heterocycles. The van der Waals surface area contributed by atoms with E-state index in [9.17, 15) is 9.18 Å². The van der Waals surface area contributed by atoms with E-state index >= 15 is 0 Å². The monoisotopic (exact) mass is 371 g/mol. The van der Waals surface area contributed by atoms with Crippen molar-refractivity contribution in [2.24, 2.45) is 5.41 Å². The van der Waals surface area contributed by atoms with Crippen molar-refractivity contribution < 1.29 is 9.18 Å². The Labute approximate surface area is 158 Å². The van der Waals surface area contributed by atoms with E-state index < -0.39 is 0 Å². The SMILES string of the molecule is Cc1cc(NC(=O)CN2CCC3(CCCNC3)C2)n(-c2ccccc2F)n1. The second-order valence-electron chi connectivity index (χ2n) is 7.82. The van der Waals surface area contributed by atoms with Gasteiger partial charge in [0.05, 0.1) is 12.2 Å². The van der Waals surface area contributed by atoms with Crippen LogP contribution in [0, 0.1) is 18.2 Å². The van der Waals surface area contributed by atoms with Crippen LogP contribution in [0.2, 0.25) is 0 Å². The van der Waals surface area contributed by atoms with E-state index in [0.717, 1.165) is 38.3 Å². The Morgan fingerprint density at radius 2 is 2.22 bits per heavy atom. The largest absolute Gasteiger partial charge is 0.316 e. The van der Waals surface area contributed by atoms with Gasteiger partial charge in [0.25, 0.3) is 0 Å². The van der Waals surface area contributed by atoms with Gasteiger partial charge in [0, 0.05) is 19.2 Å².